The zero-order valence-electron chi connectivity index (χ0n) is 6.44. The summed E-state index contributed by atoms with van der Waals surface area (Å²) in [5, 5.41) is 0.411. The molecule has 1 nitrogen and oxygen atoms in total. The predicted octanol–water partition coefficient (Wildman–Crippen LogP) is 3.15. The van der Waals surface area contributed by atoms with Crippen LogP contribution in [0.5, 0.6) is 0 Å². The van der Waals surface area contributed by atoms with Gasteiger partial charge in [-0.05, 0) is 19.1 Å². The van der Waals surface area contributed by atoms with Gasteiger partial charge in [0.2, 0.25) is 0 Å². The Morgan fingerprint density at radius 1 is 1.42 bits per heavy atom. The van der Waals surface area contributed by atoms with Crippen LogP contribution in [0.15, 0.2) is 12.1 Å². The van der Waals surface area contributed by atoms with Crippen LogP contribution in [0, 0.1) is 5.82 Å². The zero-order valence-corrected chi connectivity index (χ0v) is 7.96. The van der Waals surface area contributed by atoms with Gasteiger partial charge in [-0.3, -0.25) is 0 Å². The summed E-state index contributed by atoms with van der Waals surface area (Å²) in [6.45, 7) is 1.70. The second-order valence-electron chi connectivity index (χ2n) is 2.55. The molecule has 0 aromatic heterocycles. The Kier molecular flexibility index (Phi) is 2.94. The lowest BCUT2D eigenvalue weighted by atomic mass is 10.1. The maximum absolute atomic E-state index is 12.9. The fourth-order valence-electron chi connectivity index (χ4n) is 0.960. The van der Waals surface area contributed by atoms with Crippen molar-refractivity contribution in [2.75, 3.05) is 0 Å². The van der Waals surface area contributed by atoms with Crippen LogP contribution in [0.4, 0.5) is 4.39 Å². The Hall–Kier alpha value is -0.310. The number of rotatable bonds is 1. The van der Waals surface area contributed by atoms with Crippen LogP contribution in [-0.4, -0.2) is 0 Å². The average Bonchev–Trinajstić information content (AvgIpc) is 1.97. The zero-order chi connectivity index (χ0) is 9.30. The van der Waals surface area contributed by atoms with E-state index in [0.717, 1.165) is 0 Å². The van der Waals surface area contributed by atoms with Crippen molar-refractivity contribution in [3.05, 3.63) is 33.6 Å². The summed E-state index contributed by atoms with van der Waals surface area (Å²) < 4.78 is 12.9. The Labute approximate surface area is 80.3 Å². The SMILES string of the molecule is C[C@@H](N)c1c(Cl)ccc(F)c1Cl. The molecule has 0 bridgehead atoms. The summed E-state index contributed by atoms with van der Waals surface area (Å²) in [6.07, 6.45) is 0. The second-order valence-corrected chi connectivity index (χ2v) is 3.33. The Morgan fingerprint density at radius 3 is 2.42 bits per heavy atom. The lowest BCUT2D eigenvalue weighted by molar-refractivity contribution is 0.623. The standard InChI is InChI=1S/C8H8Cl2FN/c1-4(12)7-5(9)2-3-6(11)8(7)10/h2-4H,12H2,1H3/t4-/m1/s1. The largest absolute Gasteiger partial charge is 0.324 e. The molecule has 4 heteroatoms. The van der Waals surface area contributed by atoms with Crippen LogP contribution in [0.25, 0.3) is 0 Å². The molecule has 0 aliphatic carbocycles. The van der Waals surface area contributed by atoms with Gasteiger partial charge in [0.25, 0.3) is 0 Å². The normalized spacial score (nSPS) is 13.1. The van der Waals surface area contributed by atoms with E-state index < -0.39 is 5.82 Å². The van der Waals surface area contributed by atoms with E-state index in [0.29, 0.717) is 10.6 Å². The van der Waals surface area contributed by atoms with Crippen LogP contribution < -0.4 is 5.73 Å². The molecule has 1 aromatic rings. The lowest BCUT2D eigenvalue weighted by Crippen LogP contribution is -2.07. The first-order valence-corrected chi connectivity index (χ1v) is 4.18. The highest BCUT2D eigenvalue weighted by atomic mass is 35.5. The molecule has 2 N–H and O–H groups in total. The first-order chi connectivity index (χ1) is 5.54. The molecule has 1 atom stereocenters. The van der Waals surface area contributed by atoms with E-state index in [1.807, 2.05) is 0 Å². The van der Waals surface area contributed by atoms with Crippen molar-refractivity contribution in [3.8, 4) is 0 Å². The van der Waals surface area contributed by atoms with Crippen molar-refractivity contribution < 1.29 is 4.39 Å². The summed E-state index contributed by atoms with van der Waals surface area (Å²) >= 11 is 11.4. The molecule has 0 heterocycles. The summed E-state index contributed by atoms with van der Waals surface area (Å²) in [5.74, 6) is -0.492. The van der Waals surface area contributed by atoms with Gasteiger partial charge in [0.05, 0.1) is 5.02 Å². The summed E-state index contributed by atoms with van der Waals surface area (Å²) in [6, 6.07) is 2.30. The minimum Gasteiger partial charge on any atom is -0.324 e. The molecule has 1 aromatic carbocycles. The smallest absolute Gasteiger partial charge is 0.142 e. The maximum Gasteiger partial charge on any atom is 0.142 e. The van der Waals surface area contributed by atoms with Crippen molar-refractivity contribution >= 4 is 23.2 Å². The van der Waals surface area contributed by atoms with Gasteiger partial charge in [0.1, 0.15) is 5.82 Å². The Balaban J connectivity index is 3.33. The van der Waals surface area contributed by atoms with Gasteiger partial charge in [-0.15, -0.1) is 0 Å². The van der Waals surface area contributed by atoms with Crippen molar-refractivity contribution in [3.63, 3.8) is 0 Å². The van der Waals surface area contributed by atoms with E-state index in [-0.39, 0.29) is 11.1 Å². The van der Waals surface area contributed by atoms with E-state index in [9.17, 15) is 4.39 Å². The molecule has 0 spiro atoms. The third-order valence-corrected chi connectivity index (χ3v) is 2.25. The number of nitrogens with two attached hydrogens (primary N) is 1. The van der Waals surface area contributed by atoms with Crippen LogP contribution in [0.3, 0.4) is 0 Å². The Bertz CT molecular complexity index is 299. The molecular weight excluding hydrogens is 200 g/mol. The molecule has 0 saturated carbocycles. The van der Waals surface area contributed by atoms with Gasteiger partial charge in [-0.25, -0.2) is 4.39 Å². The highest BCUT2D eigenvalue weighted by Crippen LogP contribution is 2.30. The average molecular weight is 208 g/mol. The first-order valence-electron chi connectivity index (χ1n) is 3.43. The highest BCUT2D eigenvalue weighted by Gasteiger charge is 2.13. The van der Waals surface area contributed by atoms with Crippen LogP contribution in [-0.2, 0) is 0 Å². The van der Waals surface area contributed by atoms with Crippen molar-refractivity contribution in [1.82, 2.24) is 0 Å². The maximum atomic E-state index is 12.9. The number of hydrogen-bond acceptors (Lipinski definition) is 1. The molecule has 0 aliphatic rings. The monoisotopic (exact) mass is 207 g/mol. The first kappa shape index (κ1) is 9.78. The number of benzene rings is 1. The van der Waals surface area contributed by atoms with Crippen LogP contribution in [0.2, 0.25) is 10.0 Å². The van der Waals surface area contributed by atoms with Crippen LogP contribution in [0.1, 0.15) is 18.5 Å². The second kappa shape index (κ2) is 3.60. The summed E-state index contributed by atoms with van der Waals surface area (Å²) in [5.41, 5.74) is 6.01. The Morgan fingerprint density at radius 2 is 2.00 bits per heavy atom. The van der Waals surface area contributed by atoms with Gasteiger partial charge in [-0.1, -0.05) is 23.2 Å². The van der Waals surface area contributed by atoms with Crippen molar-refractivity contribution in [1.29, 1.82) is 0 Å². The van der Waals surface area contributed by atoms with E-state index >= 15 is 0 Å². The highest BCUT2D eigenvalue weighted by molar-refractivity contribution is 6.36. The molecule has 0 fully saturated rings. The van der Waals surface area contributed by atoms with Crippen LogP contribution >= 0.6 is 23.2 Å². The molecule has 0 radical (unpaired) electrons. The fraction of sp³-hybridized carbons (Fsp3) is 0.250. The summed E-state index contributed by atoms with van der Waals surface area (Å²) in [4.78, 5) is 0. The lowest BCUT2D eigenvalue weighted by Gasteiger charge is -2.10. The van der Waals surface area contributed by atoms with Gasteiger partial charge < -0.3 is 5.73 Å². The molecule has 0 aliphatic heterocycles. The van der Waals surface area contributed by atoms with Gasteiger partial charge in [0, 0.05) is 16.6 Å². The molecule has 0 saturated heterocycles. The number of hydrogen-bond donors (Lipinski definition) is 1. The minimum atomic E-state index is -0.492. The minimum absolute atomic E-state index is 0.0116. The quantitative estimate of drug-likeness (QED) is 0.704. The van der Waals surface area contributed by atoms with Crippen molar-refractivity contribution in [2.24, 2.45) is 5.73 Å². The predicted molar refractivity (Wildman–Crippen MR) is 49.0 cm³/mol. The molecule has 0 amide bonds. The van der Waals surface area contributed by atoms with Gasteiger partial charge in [0.15, 0.2) is 0 Å². The van der Waals surface area contributed by atoms with Gasteiger partial charge >= 0.3 is 0 Å². The molecule has 0 unspecified atom stereocenters. The van der Waals surface area contributed by atoms with E-state index in [1.54, 1.807) is 6.92 Å². The fourth-order valence-corrected chi connectivity index (χ4v) is 1.67. The third kappa shape index (κ3) is 1.71. The van der Waals surface area contributed by atoms with E-state index in [4.69, 9.17) is 28.9 Å². The van der Waals surface area contributed by atoms with E-state index in [2.05, 4.69) is 0 Å². The van der Waals surface area contributed by atoms with E-state index in [1.165, 1.54) is 12.1 Å². The van der Waals surface area contributed by atoms with Crippen molar-refractivity contribution in [2.45, 2.75) is 13.0 Å². The summed E-state index contributed by atoms with van der Waals surface area (Å²) in [7, 11) is 0. The number of halogens is 3. The van der Waals surface area contributed by atoms with Gasteiger partial charge in [-0.2, -0.15) is 0 Å². The molecule has 12 heavy (non-hydrogen) atoms. The molecule has 66 valence electrons. The molecule has 1 rings (SSSR count). The molecular formula is C8H8Cl2FN. The topological polar surface area (TPSA) is 26.0 Å². The third-order valence-electron chi connectivity index (χ3n) is 1.53.